The molecule has 33 heavy (non-hydrogen) atoms. The second kappa shape index (κ2) is 7.59. The molecule has 5 aromatic rings. The number of aromatic nitrogens is 5. The van der Waals surface area contributed by atoms with E-state index < -0.39 is 0 Å². The molecule has 0 spiro atoms. The Labute approximate surface area is 188 Å². The van der Waals surface area contributed by atoms with E-state index in [9.17, 15) is 0 Å². The van der Waals surface area contributed by atoms with Crippen molar-refractivity contribution < 1.29 is 9.26 Å². The maximum atomic E-state index is 6.28. The zero-order valence-corrected chi connectivity index (χ0v) is 18.6. The van der Waals surface area contributed by atoms with Gasteiger partial charge in [0, 0.05) is 22.7 Å². The second-order valence-corrected chi connectivity index (χ2v) is 7.67. The number of anilines is 1. The number of nitrogens with zero attached hydrogens (tertiary/aromatic N) is 5. The van der Waals surface area contributed by atoms with Crippen molar-refractivity contribution in [3.05, 3.63) is 53.3 Å². The van der Waals surface area contributed by atoms with Crippen LogP contribution in [-0.4, -0.2) is 38.0 Å². The van der Waals surface area contributed by atoms with E-state index in [1.807, 2.05) is 26.0 Å². The third-order valence-electron chi connectivity index (χ3n) is 5.51. The number of amidine groups is 1. The largest absolute Gasteiger partial charge is 0.496 e. The number of rotatable bonds is 4. The van der Waals surface area contributed by atoms with E-state index in [0.29, 0.717) is 40.2 Å². The molecule has 0 radical (unpaired) electrons. The summed E-state index contributed by atoms with van der Waals surface area (Å²) in [7, 11) is 1.63. The van der Waals surface area contributed by atoms with Crippen molar-refractivity contribution >= 4 is 39.4 Å². The van der Waals surface area contributed by atoms with Gasteiger partial charge in [-0.15, -0.1) is 0 Å². The standard InChI is InChI=1S/C23H22N8O2/c1-10-18(11(2)33-31-10)15-8-16-14(9-17(15)32-4)19-22(29-16)27-12(3)28-23(19)30-21(25)13-6-5-7-26-20(13)24/h5-9H,1-4H3,(H2,24,26)(H3,25,27,28,29,30). The molecule has 10 nitrogen and oxygen atoms in total. The fraction of sp³-hybridized carbons (Fsp3) is 0.174. The smallest absolute Gasteiger partial charge is 0.168 e. The van der Waals surface area contributed by atoms with Gasteiger partial charge in [-0.2, -0.15) is 0 Å². The molecule has 4 heterocycles. The highest BCUT2D eigenvalue weighted by atomic mass is 16.5. The summed E-state index contributed by atoms with van der Waals surface area (Å²) in [5.41, 5.74) is 16.8. The Morgan fingerprint density at radius 2 is 2.00 bits per heavy atom. The third-order valence-corrected chi connectivity index (χ3v) is 5.51. The molecule has 0 atom stereocenters. The van der Waals surface area contributed by atoms with Gasteiger partial charge < -0.3 is 25.7 Å². The number of fused-ring (bicyclic) bond motifs is 3. The zero-order chi connectivity index (χ0) is 23.3. The molecule has 5 N–H and O–H groups in total. The normalized spacial score (nSPS) is 12.1. The molecular formula is C23H22N8O2. The van der Waals surface area contributed by atoms with Crippen LogP contribution in [0.5, 0.6) is 5.75 Å². The lowest BCUT2D eigenvalue weighted by molar-refractivity contribution is 0.393. The van der Waals surface area contributed by atoms with Gasteiger partial charge in [0.2, 0.25) is 0 Å². The maximum Gasteiger partial charge on any atom is 0.168 e. The molecule has 0 saturated heterocycles. The summed E-state index contributed by atoms with van der Waals surface area (Å²) in [6.07, 6.45) is 1.60. The Bertz CT molecular complexity index is 1540. The van der Waals surface area contributed by atoms with E-state index in [-0.39, 0.29) is 5.84 Å². The van der Waals surface area contributed by atoms with Crippen LogP contribution in [0.2, 0.25) is 0 Å². The summed E-state index contributed by atoms with van der Waals surface area (Å²) < 4.78 is 11.1. The summed E-state index contributed by atoms with van der Waals surface area (Å²) in [4.78, 5) is 21.2. The average Bonchev–Trinajstić information content (AvgIpc) is 3.31. The first-order valence-electron chi connectivity index (χ1n) is 10.2. The van der Waals surface area contributed by atoms with Gasteiger partial charge in [-0.1, -0.05) is 5.16 Å². The van der Waals surface area contributed by atoms with Crippen molar-refractivity contribution in [1.29, 1.82) is 0 Å². The highest BCUT2D eigenvalue weighted by molar-refractivity contribution is 6.14. The minimum atomic E-state index is 0.216. The van der Waals surface area contributed by atoms with Crippen molar-refractivity contribution in [2.75, 3.05) is 12.8 Å². The Morgan fingerprint density at radius 1 is 1.18 bits per heavy atom. The van der Waals surface area contributed by atoms with E-state index in [4.69, 9.17) is 20.7 Å². The molecule has 166 valence electrons. The molecule has 0 fully saturated rings. The van der Waals surface area contributed by atoms with Gasteiger partial charge in [0.25, 0.3) is 0 Å². The first-order chi connectivity index (χ1) is 15.9. The number of methoxy groups -OCH3 is 1. The van der Waals surface area contributed by atoms with Gasteiger partial charge in [0.05, 0.1) is 29.3 Å². The number of hydrogen-bond donors (Lipinski definition) is 3. The fourth-order valence-electron chi connectivity index (χ4n) is 4.03. The number of benzene rings is 1. The van der Waals surface area contributed by atoms with Gasteiger partial charge in [0.15, 0.2) is 5.82 Å². The SMILES string of the molecule is COc1cc2c(cc1-c1c(C)noc1C)[nH]c1nc(C)nc(N=C(N)c3cccnc3N)c12. The van der Waals surface area contributed by atoms with Crippen molar-refractivity contribution in [3.63, 3.8) is 0 Å². The van der Waals surface area contributed by atoms with Crippen LogP contribution in [-0.2, 0) is 0 Å². The van der Waals surface area contributed by atoms with Crippen LogP contribution < -0.4 is 16.2 Å². The topological polar surface area (TPSA) is 154 Å². The van der Waals surface area contributed by atoms with Gasteiger partial charge in [-0.05, 0) is 45.0 Å². The molecule has 0 amide bonds. The summed E-state index contributed by atoms with van der Waals surface area (Å²) in [5.74, 6) is 2.87. The first-order valence-corrected chi connectivity index (χ1v) is 10.2. The van der Waals surface area contributed by atoms with Crippen LogP contribution >= 0.6 is 0 Å². The monoisotopic (exact) mass is 442 g/mol. The number of H-pyrrole nitrogens is 1. The summed E-state index contributed by atoms with van der Waals surface area (Å²) in [6.45, 7) is 5.57. The van der Waals surface area contributed by atoms with E-state index in [1.165, 1.54) is 0 Å². The number of nitrogens with one attached hydrogen (secondary N) is 1. The van der Waals surface area contributed by atoms with Crippen LogP contribution in [0.4, 0.5) is 11.6 Å². The van der Waals surface area contributed by atoms with Crippen LogP contribution in [0.15, 0.2) is 40.0 Å². The zero-order valence-electron chi connectivity index (χ0n) is 18.6. The molecule has 0 bridgehead atoms. The quantitative estimate of drug-likeness (QED) is 0.281. The number of aryl methyl sites for hydroxylation is 3. The molecule has 0 aliphatic heterocycles. The lowest BCUT2D eigenvalue weighted by Gasteiger charge is -2.09. The molecule has 1 aromatic carbocycles. The number of nitrogen functional groups attached to an aromatic ring is 1. The molecule has 0 unspecified atom stereocenters. The number of ether oxygens (including phenoxy) is 1. The number of hydrogen-bond acceptors (Lipinski definition) is 8. The van der Waals surface area contributed by atoms with E-state index in [1.54, 1.807) is 32.4 Å². The minimum Gasteiger partial charge on any atom is -0.496 e. The number of pyridine rings is 1. The second-order valence-electron chi connectivity index (χ2n) is 7.67. The van der Waals surface area contributed by atoms with Crippen molar-refractivity contribution in [3.8, 4) is 16.9 Å². The predicted octanol–water partition coefficient (Wildman–Crippen LogP) is 3.71. The number of aliphatic imine (C=N–C) groups is 1. The number of aromatic amines is 1. The summed E-state index contributed by atoms with van der Waals surface area (Å²) in [6, 6.07) is 7.44. The molecule has 5 rings (SSSR count). The molecule has 4 aromatic heterocycles. The van der Waals surface area contributed by atoms with Gasteiger partial charge >= 0.3 is 0 Å². The lowest BCUT2D eigenvalue weighted by Crippen LogP contribution is -2.16. The van der Waals surface area contributed by atoms with E-state index >= 15 is 0 Å². The molecule has 0 saturated carbocycles. The van der Waals surface area contributed by atoms with Crippen LogP contribution in [0.1, 0.15) is 22.8 Å². The first kappa shape index (κ1) is 20.4. The van der Waals surface area contributed by atoms with Crippen molar-refractivity contribution in [2.45, 2.75) is 20.8 Å². The van der Waals surface area contributed by atoms with Gasteiger partial charge in [-0.3, -0.25) is 0 Å². The minimum absolute atomic E-state index is 0.216. The van der Waals surface area contributed by atoms with Crippen molar-refractivity contribution in [1.82, 2.24) is 25.1 Å². The van der Waals surface area contributed by atoms with E-state index in [0.717, 1.165) is 33.1 Å². The van der Waals surface area contributed by atoms with Crippen LogP contribution in [0.3, 0.4) is 0 Å². The third kappa shape index (κ3) is 3.32. The lowest BCUT2D eigenvalue weighted by atomic mass is 10.0. The molecule has 0 aliphatic rings. The van der Waals surface area contributed by atoms with Gasteiger partial charge in [-0.25, -0.2) is 19.9 Å². The van der Waals surface area contributed by atoms with Crippen molar-refractivity contribution in [2.24, 2.45) is 10.7 Å². The van der Waals surface area contributed by atoms with Gasteiger partial charge in [0.1, 0.15) is 34.6 Å². The summed E-state index contributed by atoms with van der Waals surface area (Å²) >= 11 is 0. The Kier molecular flexibility index (Phi) is 4.70. The summed E-state index contributed by atoms with van der Waals surface area (Å²) in [5, 5.41) is 5.65. The van der Waals surface area contributed by atoms with E-state index in [2.05, 4.69) is 30.1 Å². The average molecular weight is 442 g/mol. The number of nitrogens with two attached hydrogens (primary N) is 2. The highest BCUT2D eigenvalue weighted by Gasteiger charge is 2.20. The van der Waals surface area contributed by atoms with Crippen LogP contribution in [0, 0.1) is 20.8 Å². The fourth-order valence-corrected chi connectivity index (χ4v) is 4.03. The Balaban J connectivity index is 1.78. The van der Waals surface area contributed by atoms with Crippen LogP contribution in [0.25, 0.3) is 33.1 Å². The molecule has 10 heteroatoms. The Hall–Kier alpha value is -4.47. The predicted molar refractivity (Wildman–Crippen MR) is 127 cm³/mol. The molecule has 0 aliphatic carbocycles. The highest BCUT2D eigenvalue weighted by Crippen LogP contribution is 2.41. The Morgan fingerprint density at radius 3 is 2.70 bits per heavy atom. The maximum absolute atomic E-state index is 6.28. The molecular weight excluding hydrogens is 420 g/mol.